The summed E-state index contributed by atoms with van der Waals surface area (Å²) in [6.07, 6.45) is 5.84. The first-order valence-corrected chi connectivity index (χ1v) is 7.55. The van der Waals surface area contributed by atoms with Crippen molar-refractivity contribution in [1.29, 1.82) is 0 Å². The van der Waals surface area contributed by atoms with Crippen molar-refractivity contribution in [3.63, 3.8) is 0 Å². The van der Waals surface area contributed by atoms with Crippen molar-refractivity contribution in [2.24, 2.45) is 11.8 Å². The molecule has 19 heavy (non-hydrogen) atoms. The summed E-state index contributed by atoms with van der Waals surface area (Å²) < 4.78 is 7.61. The molecular weight excluding hydrogens is 238 g/mol. The molecule has 3 atom stereocenters. The fourth-order valence-corrected chi connectivity index (χ4v) is 3.44. The van der Waals surface area contributed by atoms with Crippen LogP contribution in [0.2, 0.25) is 0 Å². The molecule has 1 heterocycles. The lowest BCUT2D eigenvalue weighted by Crippen LogP contribution is -2.32. The first kappa shape index (κ1) is 14.4. The number of rotatable bonds is 6. The summed E-state index contributed by atoms with van der Waals surface area (Å²) in [5.41, 5.74) is 1.23. The Morgan fingerprint density at radius 2 is 2.26 bits per heavy atom. The first-order valence-electron chi connectivity index (χ1n) is 7.55. The van der Waals surface area contributed by atoms with Gasteiger partial charge in [0.05, 0.1) is 25.0 Å². The highest BCUT2D eigenvalue weighted by Gasteiger charge is 2.34. The van der Waals surface area contributed by atoms with E-state index in [2.05, 4.69) is 35.9 Å². The maximum atomic E-state index is 5.53. The molecule has 0 amide bonds. The third-order valence-electron chi connectivity index (χ3n) is 4.44. The molecule has 2 rings (SSSR count). The van der Waals surface area contributed by atoms with Gasteiger partial charge in [-0.15, -0.1) is 0 Å². The van der Waals surface area contributed by atoms with E-state index in [1.165, 1.54) is 25.0 Å². The minimum absolute atomic E-state index is 0.361. The minimum Gasteiger partial charge on any atom is -0.493 e. The second kappa shape index (κ2) is 6.42. The summed E-state index contributed by atoms with van der Waals surface area (Å²) in [5, 5.41) is 8.12. The van der Waals surface area contributed by atoms with E-state index in [0.717, 1.165) is 24.8 Å². The zero-order valence-electron chi connectivity index (χ0n) is 12.6. The van der Waals surface area contributed by atoms with Crippen LogP contribution in [-0.4, -0.2) is 23.4 Å². The van der Waals surface area contributed by atoms with Gasteiger partial charge in [0.2, 0.25) is 0 Å². The van der Waals surface area contributed by atoms with Crippen LogP contribution in [0.25, 0.3) is 0 Å². The Balaban J connectivity index is 2.34. The maximum absolute atomic E-state index is 5.53. The van der Waals surface area contributed by atoms with Crippen molar-refractivity contribution in [2.75, 3.05) is 13.7 Å². The number of methoxy groups -OCH3 is 1. The second-order valence-electron chi connectivity index (χ2n) is 5.52. The molecule has 1 aromatic rings. The van der Waals surface area contributed by atoms with Crippen molar-refractivity contribution in [3.05, 3.63) is 11.9 Å². The van der Waals surface area contributed by atoms with Gasteiger partial charge in [-0.1, -0.05) is 26.7 Å². The largest absolute Gasteiger partial charge is 0.493 e. The number of hydrogen-bond acceptors (Lipinski definition) is 3. The molecule has 0 saturated heterocycles. The lowest BCUT2D eigenvalue weighted by atomic mass is 9.88. The zero-order valence-corrected chi connectivity index (χ0v) is 12.6. The van der Waals surface area contributed by atoms with Gasteiger partial charge in [0.25, 0.3) is 0 Å². The Hall–Kier alpha value is -1.03. The number of hydrogen-bond donors (Lipinski definition) is 1. The van der Waals surface area contributed by atoms with Crippen LogP contribution < -0.4 is 10.1 Å². The van der Waals surface area contributed by atoms with Gasteiger partial charge < -0.3 is 10.1 Å². The molecule has 1 saturated carbocycles. The molecule has 1 aliphatic carbocycles. The molecule has 0 bridgehead atoms. The van der Waals surface area contributed by atoms with Gasteiger partial charge in [-0.3, -0.25) is 4.68 Å². The summed E-state index contributed by atoms with van der Waals surface area (Å²) in [4.78, 5) is 0. The Bertz CT molecular complexity index is 381. The Morgan fingerprint density at radius 3 is 2.79 bits per heavy atom. The number of aromatic nitrogens is 2. The summed E-state index contributed by atoms with van der Waals surface area (Å²) >= 11 is 0. The summed E-state index contributed by atoms with van der Waals surface area (Å²) in [6, 6.07) is 0.361. The molecule has 0 radical (unpaired) electrons. The minimum atomic E-state index is 0.361. The topological polar surface area (TPSA) is 39.1 Å². The van der Waals surface area contributed by atoms with E-state index in [0.29, 0.717) is 12.0 Å². The molecule has 0 aromatic carbocycles. The van der Waals surface area contributed by atoms with Crippen molar-refractivity contribution >= 4 is 0 Å². The fourth-order valence-electron chi connectivity index (χ4n) is 3.44. The van der Waals surface area contributed by atoms with Crippen molar-refractivity contribution < 1.29 is 4.74 Å². The van der Waals surface area contributed by atoms with Crippen LogP contribution in [-0.2, 0) is 6.54 Å². The number of nitrogens with one attached hydrogen (secondary N) is 1. The van der Waals surface area contributed by atoms with E-state index in [4.69, 9.17) is 4.74 Å². The van der Waals surface area contributed by atoms with E-state index in [1.807, 2.05) is 6.20 Å². The second-order valence-corrected chi connectivity index (χ2v) is 5.52. The molecule has 1 aromatic heterocycles. The fraction of sp³-hybridized carbons (Fsp3) is 0.800. The van der Waals surface area contributed by atoms with Crippen LogP contribution in [0, 0.1) is 11.8 Å². The smallest absolute Gasteiger partial charge is 0.161 e. The highest BCUT2D eigenvalue weighted by atomic mass is 16.5. The molecule has 0 spiro atoms. The quantitative estimate of drug-likeness (QED) is 0.859. The standard InChI is InChI=1S/C15H27N3O/c1-5-16-14(12-9-7-8-11(12)3)15-13(19-4)10-17-18(15)6-2/h10-12,14,16H,5-9H2,1-4H3. The van der Waals surface area contributed by atoms with E-state index in [9.17, 15) is 0 Å². The molecule has 4 nitrogen and oxygen atoms in total. The molecule has 1 N–H and O–H groups in total. The number of nitrogens with zero attached hydrogens (tertiary/aromatic N) is 2. The third-order valence-corrected chi connectivity index (χ3v) is 4.44. The average Bonchev–Trinajstić information content (AvgIpc) is 3.01. The summed E-state index contributed by atoms with van der Waals surface area (Å²) in [7, 11) is 1.74. The predicted molar refractivity (Wildman–Crippen MR) is 77.4 cm³/mol. The average molecular weight is 265 g/mol. The van der Waals surface area contributed by atoms with Crippen LogP contribution in [0.4, 0.5) is 0 Å². The van der Waals surface area contributed by atoms with Crippen molar-refractivity contribution in [1.82, 2.24) is 15.1 Å². The van der Waals surface area contributed by atoms with Crippen LogP contribution in [0.5, 0.6) is 5.75 Å². The number of aryl methyl sites for hydroxylation is 1. The third kappa shape index (κ3) is 2.78. The molecular formula is C15H27N3O. The van der Waals surface area contributed by atoms with Gasteiger partial charge in [0.1, 0.15) is 0 Å². The first-order chi connectivity index (χ1) is 9.22. The highest BCUT2D eigenvalue weighted by Crippen LogP contribution is 2.42. The van der Waals surface area contributed by atoms with E-state index in [1.54, 1.807) is 7.11 Å². The SMILES string of the molecule is CCNC(c1c(OC)cnn1CC)C1CCCC1C. The van der Waals surface area contributed by atoms with E-state index >= 15 is 0 Å². The summed E-state index contributed by atoms with van der Waals surface area (Å²) in [6.45, 7) is 8.55. The van der Waals surface area contributed by atoms with Gasteiger partial charge in [-0.05, 0) is 31.7 Å². The molecule has 0 aliphatic heterocycles. The summed E-state index contributed by atoms with van der Waals surface area (Å²) in [5.74, 6) is 2.39. The molecule has 108 valence electrons. The van der Waals surface area contributed by atoms with Gasteiger partial charge in [0.15, 0.2) is 5.75 Å². The van der Waals surface area contributed by atoms with E-state index in [-0.39, 0.29) is 0 Å². The van der Waals surface area contributed by atoms with E-state index < -0.39 is 0 Å². The molecule has 4 heteroatoms. The van der Waals surface area contributed by atoms with Gasteiger partial charge in [-0.2, -0.15) is 5.10 Å². The molecule has 3 unspecified atom stereocenters. The van der Waals surface area contributed by atoms with Crippen LogP contribution >= 0.6 is 0 Å². The lowest BCUT2D eigenvalue weighted by molar-refractivity contribution is 0.282. The highest BCUT2D eigenvalue weighted by molar-refractivity contribution is 5.29. The Morgan fingerprint density at radius 1 is 1.47 bits per heavy atom. The Labute approximate surface area is 116 Å². The normalized spacial score (nSPS) is 24.6. The van der Waals surface area contributed by atoms with Gasteiger partial charge >= 0.3 is 0 Å². The van der Waals surface area contributed by atoms with Gasteiger partial charge in [-0.25, -0.2) is 0 Å². The van der Waals surface area contributed by atoms with Crippen molar-refractivity contribution in [2.45, 2.75) is 52.6 Å². The zero-order chi connectivity index (χ0) is 13.8. The predicted octanol–water partition coefficient (Wildman–Crippen LogP) is 3.00. The van der Waals surface area contributed by atoms with Crippen LogP contribution in [0.1, 0.15) is 51.8 Å². The molecule has 1 fully saturated rings. The van der Waals surface area contributed by atoms with Gasteiger partial charge in [0, 0.05) is 6.54 Å². The Kier molecular flexibility index (Phi) is 4.86. The van der Waals surface area contributed by atoms with Crippen LogP contribution in [0.15, 0.2) is 6.20 Å². The maximum Gasteiger partial charge on any atom is 0.161 e. The lowest BCUT2D eigenvalue weighted by Gasteiger charge is -2.28. The van der Waals surface area contributed by atoms with Crippen molar-refractivity contribution in [3.8, 4) is 5.75 Å². The monoisotopic (exact) mass is 265 g/mol. The number of ether oxygens (including phenoxy) is 1. The van der Waals surface area contributed by atoms with Crippen LogP contribution in [0.3, 0.4) is 0 Å². The molecule has 1 aliphatic rings.